The number of amides is 1. The second-order valence-electron chi connectivity index (χ2n) is 3.71. The van der Waals surface area contributed by atoms with Crippen LogP contribution < -0.4 is 16.6 Å². The van der Waals surface area contributed by atoms with Gasteiger partial charge in [-0.1, -0.05) is 0 Å². The highest BCUT2D eigenvalue weighted by Gasteiger charge is 2.10. The van der Waals surface area contributed by atoms with Crippen LogP contribution in [0.5, 0.6) is 0 Å². The highest BCUT2D eigenvalue weighted by molar-refractivity contribution is 6.02. The first kappa shape index (κ1) is 13.4. The van der Waals surface area contributed by atoms with Gasteiger partial charge in [-0.3, -0.25) is 4.79 Å². The van der Waals surface area contributed by atoms with Gasteiger partial charge < -0.3 is 10.7 Å². The maximum Gasteiger partial charge on any atom is 0.276 e. The van der Waals surface area contributed by atoms with Crippen LogP contribution in [0.25, 0.3) is 0 Å². The minimum Gasteiger partial charge on any atom is -0.321 e. The predicted octanol–water partition coefficient (Wildman–Crippen LogP) is 1.03. The summed E-state index contributed by atoms with van der Waals surface area (Å²) in [6.45, 7) is 0. The first-order valence-corrected chi connectivity index (χ1v) is 5.45. The zero-order chi connectivity index (χ0) is 14.5. The third-order valence-corrected chi connectivity index (χ3v) is 2.39. The van der Waals surface area contributed by atoms with Crippen molar-refractivity contribution >= 4 is 17.4 Å². The number of hydrogen-bond donors (Lipinski definition) is 3. The average Bonchev–Trinajstić information content (AvgIpc) is 2.49. The summed E-state index contributed by atoms with van der Waals surface area (Å²) in [7, 11) is 0. The molecule has 1 heterocycles. The maximum atomic E-state index is 13.1. The van der Waals surface area contributed by atoms with Gasteiger partial charge in [-0.2, -0.15) is 5.26 Å². The first-order valence-electron chi connectivity index (χ1n) is 5.45. The molecule has 0 bridgehead atoms. The Labute approximate surface area is 113 Å². The SMILES string of the molecule is N#Cc1cc(NC(=O)c2ccc(NN)nn2)ccc1F. The predicted molar refractivity (Wildman–Crippen MR) is 68.9 cm³/mol. The van der Waals surface area contributed by atoms with Gasteiger partial charge in [-0.15, -0.1) is 10.2 Å². The van der Waals surface area contributed by atoms with Crippen molar-refractivity contribution in [2.75, 3.05) is 10.7 Å². The molecule has 4 N–H and O–H groups in total. The van der Waals surface area contributed by atoms with Crippen molar-refractivity contribution in [3.8, 4) is 6.07 Å². The van der Waals surface area contributed by atoms with Crippen LogP contribution in [0.15, 0.2) is 30.3 Å². The Bertz CT molecular complexity index is 679. The lowest BCUT2D eigenvalue weighted by molar-refractivity contribution is 0.102. The van der Waals surface area contributed by atoms with Crippen molar-refractivity contribution in [2.45, 2.75) is 0 Å². The Hall–Kier alpha value is -3.05. The quantitative estimate of drug-likeness (QED) is 0.567. The first-order chi connectivity index (χ1) is 9.63. The molecule has 1 aromatic carbocycles. The molecule has 7 nitrogen and oxygen atoms in total. The van der Waals surface area contributed by atoms with Crippen LogP contribution in [0.3, 0.4) is 0 Å². The molecule has 8 heteroatoms. The number of aromatic nitrogens is 2. The van der Waals surface area contributed by atoms with E-state index in [4.69, 9.17) is 11.1 Å². The van der Waals surface area contributed by atoms with E-state index < -0.39 is 11.7 Å². The zero-order valence-corrected chi connectivity index (χ0v) is 10.1. The van der Waals surface area contributed by atoms with Crippen LogP contribution in [-0.4, -0.2) is 16.1 Å². The summed E-state index contributed by atoms with van der Waals surface area (Å²) in [5.74, 6) is 4.26. The van der Waals surface area contributed by atoms with E-state index in [0.717, 1.165) is 6.07 Å². The number of nitrogens with zero attached hydrogens (tertiary/aromatic N) is 3. The van der Waals surface area contributed by atoms with Crippen molar-refractivity contribution in [2.24, 2.45) is 5.84 Å². The lowest BCUT2D eigenvalue weighted by Gasteiger charge is -2.05. The molecule has 20 heavy (non-hydrogen) atoms. The molecule has 0 atom stereocenters. The molecule has 0 aliphatic rings. The van der Waals surface area contributed by atoms with Gasteiger partial charge in [0.05, 0.1) is 5.56 Å². The number of nitrogens with two attached hydrogens (primary N) is 1. The minimum atomic E-state index is -0.649. The number of hydrazine groups is 1. The monoisotopic (exact) mass is 272 g/mol. The van der Waals surface area contributed by atoms with Gasteiger partial charge in [0.25, 0.3) is 5.91 Å². The van der Waals surface area contributed by atoms with Gasteiger partial charge in [-0.05, 0) is 30.3 Å². The van der Waals surface area contributed by atoms with Crippen LogP contribution in [0.2, 0.25) is 0 Å². The van der Waals surface area contributed by atoms with Gasteiger partial charge in [0, 0.05) is 5.69 Å². The average molecular weight is 272 g/mol. The number of nitriles is 1. The summed E-state index contributed by atoms with van der Waals surface area (Å²) in [5, 5.41) is 18.5. The van der Waals surface area contributed by atoms with Gasteiger partial charge in [-0.25, -0.2) is 10.2 Å². The summed E-state index contributed by atoms with van der Waals surface area (Å²) in [6, 6.07) is 8.27. The molecule has 2 aromatic rings. The number of benzene rings is 1. The summed E-state index contributed by atoms with van der Waals surface area (Å²) >= 11 is 0. The number of hydrogen-bond acceptors (Lipinski definition) is 6. The Balaban J connectivity index is 2.17. The number of carbonyl (C=O) groups is 1. The van der Waals surface area contributed by atoms with E-state index in [-0.39, 0.29) is 16.9 Å². The zero-order valence-electron chi connectivity index (χ0n) is 10.1. The summed E-state index contributed by atoms with van der Waals surface area (Å²) in [6.07, 6.45) is 0. The van der Waals surface area contributed by atoms with Crippen molar-refractivity contribution in [1.82, 2.24) is 10.2 Å². The molecular weight excluding hydrogens is 263 g/mol. The fraction of sp³-hybridized carbons (Fsp3) is 0. The number of carbonyl (C=O) groups excluding carboxylic acids is 1. The van der Waals surface area contributed by atoms with Gasteiger partial charge in [0.15, 0.2) is 11.5 Å². The van der Waals surface area contributed by atoms with Crippen molar-refractivity contribution in [1.29, 1.82) is 5.26 Å². The molecule has 0 radical (unpaired) electrons. The van der Waals surface area contributed by atoms with E-state index >= 15 is 0 Å². The molecule has 100 valence electrons. The molecule has 0 aliphatic heterocycles. The number of anilines is 2. The highest BCUT2D eigenvalue weighted by Crippen LogP contribution is 2.14. The Morgan fingerprint density at radius 1 is 1.30 bits per heavy atom. The lowest BCUT2D eigenvalue weighted by Crippen LogP contribution is -2.16. The van der Waals surface area contributed by atoms with Gasteiger partial charge >= 0.3 is 0 Å². The topological polar surface area (TPSA) is 117 Å². The van der Waals surface area contributed by atoms with Crippen LogP contribution in [-0.2, 0) is 0 Å². The van der Waals surface area contributed by atoms with Crippen LogP contribution in [0, 0.1) is 17.1 Å². The molecule has 0 unspecified atom stereocenters. The number of nitrogen functional groups attached to an aromatic ring is 1. The van der Waals surface area contributed by atoms with Crippen LogP contribution >= 0.6 is 0 Å². The second kappa shape index (κ2) is 5.73. The number of nitrogens with one attached hydrogen (secondary N) is 2. The van der Waals surface area contributed by atoms with Gasteiger partial charge in [0.1, 0.15) is 11.9 Å². The Morgan fingerprint density at radius 3 is 2.70 bits per heavy atom. The molecule has 2 rings (SSSR count). The number of rotatable bonds is 3. The summed E-state index contributed by atoms with van der Waals surface area (Å²) in [4.78, 5) is 11.9. The van der Waals surface area contributed by atoms with E-state index in [1.165, 1.54) is 24.3 Å². The van der Waals surface area contributed by atoms with E-state index in [1.807, 2.05) is 0 Å². The van der Waals surface area contributed by atoms with E-state index in [9.17, 15) is 9.18 Å². The molecule has 0 fully saturated rings. The summed E-state index contributed by atoms with van der Waals surface area (Å²) < 4.78 is 13.1. The van der Waals surface area contributed by atoms with E-state index in [0.29, 0.717) is 5.82 Å². The molecule has 0 saturated carbocycles. The highest BCUT2D eigenvalue weighted by atomic mass is 19.1. The lowest BCUT2D eigenvalue weighted by atomic mass is 10.2. The van der Waals surface area contributed by atoms with E-state index in [1.54, 1.807) is 6.07 Å². The van der Waals surface area contributed by atoms with Crippen molar-refractivity contribution in [3.05, 3.63) is 47.4 Å². The third-order valence-electron chi connectivity index (χ3n) is 2.39. The molecular formula is C12H9FN6O. The number of halogens is 1. The standard InChI is InChI=1S/C12H9FN6O/c13-9-2-1-8(5-7(9)6-14)16-12(20)10-3-4-11(17-15)19-18-10/h1-5H,15H2,(H,16,20)(H,17,19). The fourth-order valence-corrected chi connectivity index (χ4v) is 1.41. The molecule has 0 saturated heterocycles. The van der Waals surface area contributed by atoms with Gasteiger partial charge in [0.2, 0.25) is 0 Å². The third kappa shape index (κ3) is 2.85. The molecule has 1 aromatic heterocycles. The van der Waals surface area contributed by atoms with Crippen LogP contribution in [0.4, 0.5) is 15.9 Å². The fourth-order valence-electron chi connectivity index (χ4n) is 1.41. The largest absolute Gasteiger partial charge is 0.321 e. The maximum absolute atomic E-state index is 13.1. The molecule has 0 spiro atoms. The molecule has 0 aliphatic carbocycles. The van der Waals surface area contributed by atoms with Crippen LogP contribution in [0.1, 0.15) is 16.1 Å². The Morgan fingerprint density at radius 2 is 2.10 bits per heavy atom. The smallest absolute Gasteiger partial charge is 0.276 e. The minimum absolute atomic E-state index is 0.0619. The van der Waals surface area contributed by atoms with Crippen molar-refractivity contribution < 1.29 is 9.18 Å². The summed E-state index contributed by atoms with van der Waals surface area (Å²) in [5.41, 5.74) is 2.47. The Kier molecular flexibility index (Phi) is 3.83. The van der Waals surface area contributed by atoms with E-state index in [2.05, 4.69) is 20.9 Å². The molecule has 1 amide bonds. The van der Waals surface area contributed by atoms with Crippen molar-refractivity contribution in [3.63, 3.8) is 0 Å². The second-order valence-corrected chi connectivity index (χ2v) is 3.71. The normalized spacial score (nSPS) is 9.65.